The minimum Gasteiger partial charge on any atom is -0.496 e. The van der Waals surface area contributed by atoms with Gasteiger partial charge in [0, 0.05) is 4.47 Å². The molecule has 0 bridgehead atoms. The lowest BCUT2D eigenvalue weighted by molar-refractivity contribution is 0.0935. The molecule has 2 rings (SSSR count). The van der Waals surface area contributed by atoms with Crippen LogP contribution in [0.3, 0.4) is 0 Å². The average Bonchev–Trinajstić information content (AvgIpc) is 2.54. The van der Waals surface area contributed by atoms with Gasteiger partial charge < -0.3 is 10.1 Å². The number of hydrogen-bond donors (Lipinski definition) is 1. The molecule has 0 aliphatic rings. The molecule has 0 saturated heterocycles. The summed E-state index contributed by atoms with van der Waals surface area (Å²) in [7, 11) is 1.65. The smallest absolute Gasteiger partial charge is 0.253 e. The van der Waals surface area contributed by atoms with Crippen LogP contribution in [0, 0.1) is 6.92 Å². The number of halogens is 2. The normalized spacial score (nSPS) is 11.9. The number of amides is 1. The molecule has 0 radical (unpaired) electrons. The minimum atomic E-state index is -0.184. The zero-order valence-corrected chi connectivity index (χ0v) is 15.7. The maximum atomic E-state index is 12.5. The highest BCUT2D eigenvalue weighted by Gasteiger charge is 2.17. The number of hydrogen-bond acceptors (Lipinski definition) is 2. The van der Waals surface area contributed by atoms with Crippen LogP contribution in [0.5, 0.6) is 5.75 Å². The maximum Gasteiger partial charge on any atom is 0.253 e. The number of ether oxygens (including phenoxy) is 1. The van der Waals surface area contributed by atoms with E-state index in [4.69, 9.17) is 16.3 Å². The van der Waals surface area contributed by atoms with E-state index in [1.165, 1.54) is 0 Å². The molecule has 0 aliphatic heterocycles. The number of nitrogens with one attached hydrogen (secondary N) is 1. The number of aryl methyl sites for hydroxylation is 1. The second-order valence-corrected chi connectivity index (χ2v) is 6.61. The standard InChI is InChI=1S/C18H19BrClNO2/c1-4-16(12-5-8-17(23-3)11(2)9-12)21-18(22)14-10-13(19)6-7-15(14)20/h5-10,16H,4H2,1-3H3,(H,21,22)/t16-/m1/s1. The summed E-state index contributed by atoms with van der Waals surface area (Å²) in [6, 6.07) is 11.1. The van der Waals surface area contributed by atoms with Gasteiger partial charge in [-0.2, -0.15) is 0 Å². The predicted molar refractivity (Wildman–Crippen MR) is 97.4 cm³/mol. The van der Waals surface area contributed by atoms with E-state index in [0.717, 1.165) is 27.8 Å². The van der Waals surface area contributed by atoms with Crippen molar-refractivity contribution in [2.75, 3.05) is 7.11 Å². The molecule has 1 N–H and O–H groups in total. The molecule has 0 unspecified atom stereocenters. The molecule has 2 aromatic rings. The van der Waals surface area contributed by atoms with E-state index < -0.39 is 0 Å². The van der Waals surface area contributed by atoms with Crippen LogP contribution in [-0.4, -0.2) is 13.0 Å². The fourth-order valence-electron chi connectivity index (χ4n) is 2.45. The van der Waals surface area contributed by atoms with Crippen molar-refractivity contribution in [1.29, 1.82) is 0 Å². The van der Waals surface area contributed by atoms with Gasteiger partial charge in [0.05, 0.1) is 23.7 Å². The van der Waals surface area contributed by atoms with E-state index >= 15 is 0 Å². The van der Waals surface area contributed by atoms with Gasteiger partial charge in [-0.05, 0) is 48.7 Å². The van der Waals surface area contributed by atoms with Crippen molar-refractivity contribution in [1.82, 2.24) is 5.32 Å². The molecular formula is C18H19BrClNO2. The molecule has 0 saturated carbocycles. The lowest BCUT2D eigenvalue weighted by atomic mass is 10.0. The predicted octanol–water partition coefficient (Wildman–Crippen LogP) is 5.30. The van der Waals surface area contributed by atoms with Crippen LogP contribution in [0.25, 0.3) is 0 Å². The molecule has 122 valence electrons. The van der Waals surface area contributed by atoms with Crippen molar-refractivity contribution in [3.63, 3.8) is 0 Å². The van der Waals surface area contributed by atoms with Crippen molar-refractivity contribution in [2.45, 2.75) is 26.3 Å². The lowest BCUT2D eigenvalue weighted by Gasteiger charge is -2.19. The molecule has 5 heteroatoms. The van der Waals surface area contributed by atoms with Gasteiger partial charge in [-0.3, -0.25) is 4.79 Å². The van der Waals surface area contributed by atoms with Gasteiger partial charge in [0.2, 0.25) is 0 Å². The van der Waals surface area contributed by atoms with Gasteiger partial charge in [-0.15, -0.1) is 0 Å². The average molecular weight is 397 g/mol. The van der Waals surface area contributed by atoms with E-state index in [0.29, 0.717) is 10.6 Å². The lowest BCUT2D eigenvalue weighted by Crippen LogP contribution is -2.28. The van der Waals surface area contributed by atoms with E-state index in [1.807, 2.05) is 38.1 Å². The van der Waals surface area contributed by atoms with Gasteiger partial charge >= 0.3 is 0 Å². The molecule has 0 heterocycles. The second kappa shape index (κ2) is 7.84. The third-order valence-corrected chi connectivity index (χ3v) is 4.53. The monoisotopic (exact) mass is 395 g/mol. The van der Waals surface area contributed by atoms with Crippen LogP contribution in [0.4, 0.5) is 0 Å². The zero-order chi connectivity index (χ0) is 17.0. The van der Waals surface area contributed by atoms with Gasteiger partial charge in [0.25, 0.3) is 5.91 Å². The third kappa shape index (κ3) is 4.27. The highest BCUT2D eigenvalue weighted by molar-refractivity contribution is 9.10. The van der Waals surface area contributed by atoms with Crippen molar-refractivity contribution in [2.24, 2.45) is 0 Å². The molecule has 0 fully saturated rings. The van der Waals surface area contributed by atoms with E-state index in [2.05, 4.69) is 21.2 Å². The van der Waals surface area contributed by atoms with Crippen LogP contribution in [0.15, 0.2) is 40.9 Å². The molecule has 23 heavy (non-hydrogen) atoms. The molecule has 3 nitrogen and oxygen atoms in total. The fourth-order valence-corrected chi connectivity index (χ4v) is 3.01. The number of carbonyl (C=O) groups excluding carboxylic acids is 1. The minimum absolute atomic E-state index is 0.0813. The quantitative estimate of drug-likeness (QED) is 0.744. The number of carbonyl (C=O) groups is 1. The summed E-state index contributed by atoms with van der Waals surface area (Å²) < 4.78 is 6.10. The van der Waals surface area contributed by atoms with Crippen molar-refractivity contribution in [3.05, 3.63) is 62.6 Å². The number of benzene rings is 2. The van der Waals surface area contributed by atoms with Crippen LogP contribution in [0.1, 0.15) is 40.9 Å². The summed E-state index contributed by atoms with van der Waals surface area (Å²) in [4.78, 5) is 12.5. The van der Waals surface area contributed by atoms with Crippen LogP contribution >= 0.6 is 27.5 Å². The molecule has 0 aliphatic carbocycles. The summed E-state index contributed by atoms with van der Waals surface area (Å²) in [5.41, 5.74) is 2.55. The van der Waals surface area contributed by atoms with Crippen molar-refractivity contribution < 1.29 is 9.53 Å². The van der Waals surface area contributed by atoms with Gasteiger partial charge in [-0.25, -0.2) is 0 Å². The molecule has 1 atom stereocenters. The summed E-state index contributed by atoms with van der Waals surface area (Å²) in [6.07, 6.45) is 0.781. The van der Waals surface area contributed by atoms with E-state index in [9.17, 15) is 4.79 Å². The molecule has 0 spiro atoms. The SMILES string of the molecule is CC[C@@H](NC(=O)c1cc(Br)ccc1Cl)c1ccc(OC)c(C)c1. The first kappa shape index (κ1) is 17.8. The highest BCUT2D eigenvalue weighted by atomic mass is 79.9. The van der Waals surface area contributed by atoms with Crippen LogP contribution in [0.2, 0.25) is 5.02 Å². The Morgan fingerprint density at radius 2 is 2.04 bits per heavy atom. The van der Waals surface area contributed by atoms with E-state index in [-0.39, 0.29) is 11.9 Å². The Morgan fingerprint density at radius 3 is 2.65 bits per heavy atom. The Bertz CT molecular complexity index is 718. The summed E-state index contributed by atoms with van der Waals surface area (Å²) in [6.45, 7) is 4.02. The summed E-state index contributed by atoms with van der Waals surface area (Å²) in [5.74, 6) is 0.654. The Kier molecular flexibility index (Phi) is 6.08. The molecule has 0 aromatic heterocycles. The molecular weight excluding hydrogens is 378 g/mol. The molecule has 2 aromatic carbocycles. The largest absolute Gasteiger partial charge is 0.496 e. The first-order valence-electron chi connectivity index (χ1n) is 7.36. The van der Waals surface area contributed by atoms with Crippen LogP contribution < -0.4 is 10.1 Å². The van der Waals surface area contributed by atoms with Gasteiger partial charge in [0.15, 0.2) is 0 Å². The van der Waals surface area contributed by atoms with E-state index in [1.54, 1.807) is 19.2 Å². The third-order valence-electron chi connectivity index (χ3n) is 3.71. The topological polar surface area (TPSA) is 38.3 Å². The van der Waals surface area contributed by atoms with Crippen molar-refractivity contribution in [3.8, 4) is 5.75 Å². The number of methoxy groups -OCH3 is 1. The maximum absolute atomic E-state index is 12.5. The Balaban J connectivity index is 2.23. The van der Waals surface area contributed by atoms with Gasteiger partial charge in [-0.1, -0.05) is 46.6 Å². The zero-order valence-electron chi connectivity index (χ0n) is 13.3. The first-order chi connectivity index (χ1) is 11.0. The fraction of sp³-hybridized carbons (Fsp3) is 0.278. The second-order valence-electron chi connectivity index (χ2n) is 5.29. The van der Waals surface area contributed by atoms with Gasteiger partial charge in [0.1, 0.15) is 5.75 Å². The summed E-state index contributed by atoms with van der Waals surface area (Å²) in [5, 5.41) is 3.48. The number of rotatable bonds is 5. The van der Waals surface area contributed by atoms with Crippen molar-refractivity contribution >= 4 is 33.4 Å². The van der Waals surface area contributed by atoms with Crippen LogP contribution in [-0.2, 0) is 0 Å². The summed E-state index contributed by atoms with van der Waals surface area (Å²) >= 11 is 9.50. The Labute approximate surface area is 150 Å². The first-order valence-corrected chi connectivity index (χ1v) is 8.53. The molecule has 1 amide bonds. The highest BCUT2D eigenvalue weighted by Crippen LogP contribution is 2.26. The Morgan fingerprint density at radius 1 is 1.30 bits per heavy atom. The Hall–Kier alpha value is -1.52.